The summed E-state index contributed by atoms with van der Waals surface area (Å²) in [5.41, 5.74) is 0.567. The van der Waals surface area contributed by atoms with Gasteiger partial charge in [-0.2, -0.15) is 0 Å². The third-order valence-electron chi connectivity index (χ3n) is 3.96. The average Bonchev–Trinajstić information content (AvgIpc) is 2.68. The fraction of sp³-hybridized carbons (Fsp3) is 0.211. The van der Waals surface area contributed by atoms with Gasteiger partial charge in [0, 0.05) is 11.6 Å². The predicted molar refractivity (Wildman–Crippen MR) is 107 cm³/mol. The van der Waals surface area contributed by atoms with Crippen molar-refractivity contribution in [3.05, 3.63) is 63.4 Å². The zero-order valence-corrected chi connectivity index (χ0v) is 15.9. The highest BCUT2D eigenvalue weighted by molar-refractivity contribution is 6.31. The van der Waals surface area contributed by atoms with Crippen LogP contribution in [0, 0.1) is 0 Å². The fourth-order valence-electron chi connectivity index (χ4n) is 2.60. The van der Waals surface area contributed by atoms with E-state index >= 15 is 0 Å². The van der Waals surface area contributed by atoms with Gasteiger partial charge in [-0.25, -0.2) is 4.68 Å². The van der Waals surface area contributed by atoms with E-state index in [1.54, 1.807) is 30.3 Å². The van der Waals surface area contributed by atoms with Gasteiger partial charge in [0.15, 0.2) is 0 Å². The van der Waals surface area contributed by atoms with Crippen molar-refractivity contribution in [2.75, 3.05) is 11.9 Å². The van der Waals surface area contributed by atoms with Crippen molar-refractivity contribution in [1.82, 2.24) is 20.3 Å². The summed E-state index contributed by atoms with van der Waals surface area (Å²) in [4.78, 5) is 37.2. The van der Waals surface area contributed by atoms with E-state index in [0.29, 0.717) is 22.5 Å². The van der Waals surface area contributed by atoms with Crippen molar-refractivity contribution in [1.29, 1.82) is 0 Å². The van der Waals surface area contributed by atoms with Gasteiger partial charge in [-0.15, -0.1) is 5.10 Å². The third-order valence-corrected chi connectivity index (χ3v) is 4.19. The molecule has 0 unspecified atom stereocenters. The number of hydrogen-bond donors (Lipinski definition) is 2. The Morgan fingerprint density at radius 2 is 1.96 bits per heavy atom. The molecule has 0 aliphatic rings. The van der Waals surface area contributed by atoms with E-state index in [0.717, 1.165) is 11.1 Å². The maximum absolute atomic E-state index is 12.5. The highest BCUT2D eigenvalue weighted by Crippen LogP contribution is 2.21. The highest BCUT2D eigenvalue weighted by atomic mass is 35.5. The second kappa shape index (κ2) is 8.62. The van der Waals surface area contributed by atoms with Gasteiger partial charge in [-0.1, -0.05) is 35.9 Å². The smallest absolute Gasteiger partial charge is 0.278 e. The van der Waals surface area contributed by atoms with E-state index in [4.69, 9.17) is 11.6 Å². The number of aromatic nitrogens is 3. The molecule has 144 valence electrons. The van der Waals surface area contributed by atoms with Crippen LogP contribution < -0.4 is 16.2 Å². The maximum atomic E-state index is 12.5. The summed E-state index contributed by atoms with van der Waals surface area (Å²) >= 11 is 6.00. The van der Waals surface area contributed by atoms with E-state index in [1.165, 1.54) is 12.1 Å². The summed E-state index contributed by atoms with van der Waals surface area (Å²) < 4.78 is 0.971. The Labute approximate surface area is 165 Å². The standard InChI is InChI=1S/C19H18ClN5O3/c1-2-9-21-18(27)13-8-7-12(20)10-16(13)22-17(26)11-25-19(28)14-5-3-4-6-15(14)23-24-25/h3-8,10H,2,9,11H2,1H3,(H,21,27)(H,22,26). The number of nitrogens with one attached hydrogen (secondary N) is 2. The summed E-state index contributed by atoms with van der Waals surface area (Å²) in [5.74, 6) is -0.852. The second-order valence-electron chi connectivity index (χ2n) is 6.06. The molecule has 1 heterocycles. The molecule has 0 fully saturated rings. The van der Waals surface area contributed by atoms with Crippen LogP contribution in [0.1, 0.15) is 23.7 Å². The molecule has 1 aromatic heterocycles. The van der Waals surface area contributed by atoms with Crippen molar-refractivity contribution < 1.29 is 9.59 Å². The Balaban J connectivity index is 1.82. The lowest BCUT2D eigenvalue weighted by atomic mass is 10.1. The van der Waals surface area contributed by atoms with Gasteiger partial charge >= 0.3 is 0 Å². The molecule has 2 amide bonds. The third kappa shape index (κ3) is 4.34. The molecule has 0 atom stereocenters. The van der Waals surface area contributed by atoms with Crippen molar-refractivity contribution in [3.8, 4) is 0 Å². The normalized spacial score (nSPS) is 10.6. The van der Waals surface area contributed by atoms with Gasteiger partial charge in [0.25, 0.3) is 11.5 Å². The number of anilines is 1. The minimum Gasteiger partial charge on any atom is -0.352 e. The van der Waals surface area contributed by atoms with E-state index in [9.17, 15) is 14.4 Å². The molecule has 0 radical (unpaired) electrons. The number of amides is 2. The molecule has 0 saturated heterocycles. The van der Waals surface area contributed by atoms with Crippen LogP contribution in [-0.2, 0) is 11.3 Å². The zero-order chi connectivity index (χ0) is 20.1. The first-order valence-corrected chi connectivity index (χ1v) is 9.07. The minimum atomic E-state index is -0.529. The van der Waals surface area contributed by atoms with Crippen molar-refractivity contribution >= 4 is 40.0 Å². The molecule has 8 nitrogen and oxygen atoms in total. The molecule has 9 heteroatoms. The lowest BCUT2D eigenvalue weighted by molar-refractivity contribution is -0.117. The highest BCUT2D eigenvalue weighted by Gasteiger charge is 2.15. The maximum Gasteiger partial charge on any atom is 0.278 e. The summed E-state index contributed by atoms with van der Waals surface area (Å²) in [6, 6.07) is 11.3. The van der Waals surface area contributed by atoms with Crippen LogP contribution >= 0.6 is 11.6 Å². The summed E-state index contributed by atoms with van der Waals surface area (Å²) in [5, 5.41) is 13.8. The number of rotatable bonds is 6. The van der Waals surface area contributed by atoms with Crippen LogP contribution in [0.3, 0.4) is 0 Å². The first-order valence-electron chi connectivity index (χ1n) is 8.69. The number of benzene rings is 2. The van der Waals surface area contributed by atoms with Gasteiger partial charge in [-0.05, 0) is 36.8 Å². The lowest BCUT2D eigenvalue weighted by Crippen LogP contribution is -2.31. The molecule has 0 bridgehead atoms. The summed E-state index contributed by atoms with van der Waals surface area (Å²) in [6.45, 7) is 2.10. The van der Waals surface area contributed by atoms with Crippen molar-refractivity contribution in [2.24, 2.45) is 0 Å². The first kappa shape index (κ1) is 19.5. The molecule has 3 rings (SSSR count). The molecule has 0 aliphatic carbocycles. The molecule has 28 heavy (non-hydrogen) atoms. The molecule has 2 N–H and O–H groups in total. The molecule has 0 saturated carbocycles. The zero-order valence-electron chi connectivity index (χ0n) is 15.1. The minimum absolute atomic E-state index is 0.257. The number of carbonyl (C=O) groups is 2. The second-order valence-corrected chi connectivity index (χ2v) is 6.50. The SMILES string of the molecule is CCCNC(=O)c1ccc(Cl)cc1NC(=O)Cn1nnc2ccccc2c1=O. The lowest BCUT2D eigenvalue weighted by Gasteiger charge is -2.12. The molecule has 0 spiro atoms. The first-order chi connectivity index (χ1) is 13.5. The Hall–Kier alpha value is -3.26. The summed E-state index contributed by atoms with van der Waals surface area (Å²) in [6.07, 6.45) is 0.782. The predicted octanol–water partition coefficient (Wildman–Crippen LogP) is 2.22. The Morgan fingerprint density at radius 1 is 1.18 bits per heavy atom. The van der Waals surface area contributed by atoms with Gasteiger partial charge in [0.2, 0.25) is 5.91 Å². The monoisotopic (exact) mass is 399 g/mol. The fourth-order valence-corrected chi connectivity index (χ4v) is 2.78. The van der Waals surface area contributed by atoms with Gasteiger partial charge in [0.1, 0.15) is 12.1 Å². The average molecular weight is 400 g/mol. The molecule has 0 aliphatic heterocycles. The van der Waals surface area contributed by atoms with Crippen molar-refractivity contribution in [2.45, 2.75) is 19.9 Å². The number of fused-ring (bicyclic) bond motifs is 1. The van der Waals surface area contributed by atoms with Crippen molar-refractivity contribution in [3.63, 3.8) is 0 Å². The molecular formula is C19H18ClN5O3. The Bertz CT molecular complexity index is 1100. The van der Waals surface area contributed by atoms with Crippen LogP contribution in [0.15, 0.2) is 47.3 Å². The van der Waals surface area contributed by atoms with E-state index in [-0.39, 0.29) is 23.7 Å². The van der Waals surface area contributed by atoms with E-state index in [1.807, 2.05) is 6.92 Å². The Morgan fingerprint density at radius 3 is 2.75 bits per heavy atom. The van der Waals surface area contributed by atoms with Gasteiger partial charge in [-0.3, -0.25) is 14.4 Å². The quantitative estimate of drug-likeness (QED) is 0.661. The molecule has 2 aromatic carbocycles. The Kier molecular flexibility index (Phi) is 6.00. The van der Waals surface area contributed by atoms with Gasteiger partial charge < -0.3 is 10.6 Å². The molecule has 3 aromatic rings. The summed E-state index contributed by atoms with van der Waals surface area (Å²) in [7, 11) is 0. The number of carbonyl (C=O) groups excluding carboxylic acids is 2. The van der Waals surface area contributed by atoms with Crippen LogP contribution in [0.25, 0.3) is 10.9 Å². The van der Waals surface area contributed by atoms with Crippen LogP contribution in [0.4, 0.5) is 5.69 Å². The van der Waals surface area contributed by atoms with Crippen LogP contribution in [0.2, 0.25) is 5.02 Å². The van der Waals surface area contributed by atoms with Crippen LogP contribution in [0.5, 0.6) is 0 Å². The molecular weight excluding hydrogens is 382 g/mol. The largest absolute Gasteiger partial charge is 0.352 e. The number of hydrogen-bond acceptors (Lipinski definition) is 5. The van der Waals surface area contributed by atoms with E-state index < -0.39 is 11.5 Å². The topological polar surface area (TPSA) is 106 Å². The number of halogens is 1. The van der Waals surface area contributed by atoms with Gasteiger partial charge in [0.05, 0.1) is 16.6 Å². The number of nitrogens with zero attached hydrogens (tertiary/aromatic N) is 3. The van der Waals surface area contributed by atoms with E-state index in [2.05, 4.69) is 20.9 Å². The van der Waals surface area contributed by atoms with Crippen LogP contribution in [-0.4, -0.2) is 33.4 Å².